The lowest BCUT2D eigenvalue weighted by Gasteiger charge is -2.50. The predicted molar refractivity (Wildman–Crippen MR) is 194 cm³/mol. The number of ether oxygens (including phenoxy) is 1. The summed E-state index contributed by atoms with van der Waals surface area (Å²) < 4.78 is 28.4. The van der Waals surface area contributed by atoms with Crippen LogP contribution in [-0.2, 0) is 30.6 Å². The molecule has 2 heterocycles. The van der Waals surface area contributed by atoms with Crippen molar-refractivity contribution in [2.45, 2.75) is 57.4 Å². The Kier molecular flexibility index (Phi) is 12.3. The Balaban J connectivity index is 1.69. The molecule has 1 aliphatic heterocycles. The normalized spacial score (nSPS) is 18.2. The van der Waals surface area contributed by atoms with Crippen molar-refractivity contribution in [2.75, 3.05) is 39.1 Å². The molecule has 0 radical (unpaired) electrons. The molecule has 4 aromatic rings. The molecule has 1 aliphatic rings. The molecule has 1 aromatic heterocycles. The van der Waals surface area contributed by atoms with Crippen LogP contribution in [-0.4, -0.2) is 64.9 Å². The summed E-state index contributed by atoms with van der Waals surface area (Å²) in [6, 6.07) is 30.7. The van der Waals surface area contributed by atoms with Crippen LogP contribution in [0.15, 0.2) is 102 Å². The monoisotopic (exact) mass is 705 g/mol. The number of nitrogens with one attached hydrogen (secondary N) is 1. The molecule has 3 unspecified atom stereocenters. The second-order valence-electron chi connectivity index (χ2n) is 12.5. The molecule has 0 spiro atoms. The predicted octanol–water partition coefficient (Wildman–Crippen LogP) is 7.05. The smallest absolute Gasteiger partial charge is 0.350 e. The van der Waals surface area contributed by atoms with E-state index in [4.69, 9.17) is 20.5 Å². The Labute approximate surface area is 293 Å². The van der Waals surface area contributed by atoms with Crippen molar-refractivity contribution in [2.24, 2.45) is 0 Å². The van der Waals surface area contributed by atoms with Gasteiger partial charge in [-0.15, -0.1) is 0 Å². The number of carbonyl (C=O) groups is 1. The molecule has 3 aromatic carbocycles. The lowest BCUT2D eigenvalue weighted by molar-refractivity contribution is -0.148. The summed E-state index contributed by atoms with van der Waals surface area (Å²) in [6.45, 7) is 0.451. The van der Waals surface area contributed by atoms with Gasteiger partial charge in [0.1, 0.15) is 5.82 Å². The Morgan fingerprint density at radius 3 is 2.02 bits per heavy atom. The average Bonchev–Trinajstić information content (AvgIpc) is 3.10. The lowest BCUT2D eigenvalue weighted by atomic mass is 9.75. The number of morpholine rings is 1. The molecule has 0 bridgehead atoms. The summed E-state index contributed by atoms with van der Waals surface area (Å²) in [7, 11) is 3.19. The van der Waals surface area contributed by atoms with Crippen molar-refractivity contribution in [3.8, 4) is 0 Å². The maximum atomic E-state index is 13.8. The molecule has 0 aliphatic carbocycles. The topological polar surface area (TPSA) is 106 Å². The van der Waals surface area contributed by atoms with Crippen LogP contribution in [0.5, 0.6) is 0 Å². The fourth-order valence-corrected chi connectivity index (χ4v) is 7.20. The first-order chi connectivity index (χ1) is 23.6. The number of carbonyl (C=O) groups excluding carboxylic acids is 1. The number of benzene rings is 3. The minimum absolute atomic E-state index is 0.0874. The molecular formula is C37H45ClN5O5P. The maximum Gasteiger partial charge on any atom is 0.362 e. The molecule has 12 heteroatoms. The van der Waals surface area contributed by atoms with Gasteiger partial charge in [-0.1, -0.05) is 111 Å². The van der Waals surface area contributed by atoms with E-state index in [1.165, 1.54) is 16.2 Å². The zero-order valence-electron chi connectivity index (χ0n) is 28.5. The van der Waals surface area contributed by atoms with E-state index in [1.54, 1.807) is 20.3 Å². The third-order valence-corrected chi connectivity index (χ3v) is 11.4. The van der Waals surface area contributed by atoms with Crippen LogP contribution in [0.4, 0.5) is 5.82 Å². The van der Waals surface area contributed by atoms with Gasteiger partial charge in [0.2, 0.25) is 5.91 Å². The van der Waals surface area contributed by atoms with E-state index in [0.717, 1.165) is 41.5 Å². The summed E-state index contributed by atoms with van der Waals surface area (Å²) in [4.78, 5) is 32.5. The molecule has 1 N–H and O–H groups in total. The first-order valence-electron chi connectivity index (χ1n) is 16.6. The number of anilines is 1. The van der Waals surface area contributed by atoms with Gasteiger partial charge in [0, 0.05) is 31.8 Å². The van der Waals surface area contributed by atoms with Crippen molar-refractivity contribution in [3.63, 3.8) is 0 Å². The van der Waals surface area contributed by atoms with E-state index in [1.807, 2.05) is 54.6 Å². The summed E-state index contributed by atoms with van der Waals surface area (Å²) >= 11 is 6.31. The SMILES string of the molecule is CCCCCc1cn(C2CN(C(c3ccccc3)(c3ccccc3)c3ccccc3)CC(COP(=O)(Cl)N(C)C)O2)c(=O)nc1NC(C)=O. The van der Waals surface area contributed by atoms with Crippen LogP contribution in [0, 0.1) is 0 Å². The zero-order valence-corrected chi connectivity index (χ0v) is 30.1. The van der Waals surface area contributed by atoms with Gasteiger partial charge in [0.15, 0.2) is 6.23 Å². The van der Waals surface area contributed by atoms with Crippen molar-refractivity contribution < 1.29 is 18.6 Å². The van der Waals surface area contributed by atoms with Gasteiger partial charge in [-0.25, -0.2) is 9.46 Å². The van der Waals surface area contributed by atoms with Gasteiger partial charge in [-0.3, -0.25) is 18.8 Å². The van der Waals surface area contributed by atoms with Crippen molar-refractivity contribution in [1.82, 2.24) is 19.1 Å². The molecule has 0 saturated carbocycles. The summed E-state index contributed by atoms with van der Waals surface area (Å²) in [5.41, 5.74) is 2.43. The maximum absolute atomic E-state index is 13.8. The van der Waals surface area contributed by atoms with E-state index in [2.05, 4.69) is 58.5 Å². The van der Waals surface area contributed by atoms with Crippen LogP contribution in [0.1, 0.15) is 61.6 Å². The molecule has 1 amide bonds. The quantitative estimate of drug-likeness (QED) is 0.0846. The molecular weight excluding hydrogens is 661 g/mol. The highest BCUT2D eigenvalue weighted by Crippen LogP contribution is 2.54. The largest absolute Gasteiger partial charge is 0.362 e. The third kappa shape index (κ3) is 8.40. The van der Waals surface area contributed by atoms with Gasteiger partial charge in [-0.2, -0.15) is 4.98 Å². The van der Waals surface area contributed by atoms with Crippen LogP contribution in [0.3, 0.4) is 0 Å². The number of hydrogen-bond acceptors (Lipinski definition) is 7. The fourth-order valence-electron chi connectivity index (χ4n) is 6.45. The van der Waals surface area contributed by atoms with Gasteiger partial charge in [-0.05, 0) is 54.9 Å². The minimum atomic E-state index is -3.62. The van der Waals surface area contributed by atoms with Gasteiger partial charge in [0.05, 0.1) is 18.2 Å². The second-order valence-corrected chi connectivity index (χ2v) is 15.7. The first kappa shape index (κ1) is 36.6. The summed E-state index contributed by atoms with van der Waals surface area (Å²) in [5, 5.41) is 2.74. The second kappa shape index (κ2) is 16.4. The van der Waals surface area contributed by atoms with Crippen LogP contribution < -0.4 is 11.0 Å². The number of halogens is 1. The fraction of sp³-hybridized carbons (Fsp3) is 0.378. The van der Waals surface area contributed by atoms with Crippen LogP contribution >= 0.6 is 18.1 Å². The molecule has 49 heavy (non-hydrogen) atoms. The van der Waals surface area contributed by atoms with Crippen molar-refractivity contribution in [1.29, 1.82) is 0 Å². The number of rotatable bonds is 14. The lowest BCUT2D eigenvalue weighted by Crippen LogP contribution is -2.58. The minimum Gasteiger partial charge on any atom is -0.350 e. The molecule has 10 nitrogen and oxygen atoms in total. The van der Waals surface area contributed by atoms with E-state index < -0.39 is 30.4 Å². The van der Waals surface area contributed by atoms with E-state index >= 15 is 0 Å². The van der Waals surface area contributed by atoms with Crippen molar-refractivity contribution >= 4 is 29.8 Å². The third-order valence-electron chi connectivity index (χ3n) is 8.78. The molecule has 260 valence electrons. The number of hydrogen-bond donors (Lipinski definition) is 1. The number of aryl methyl sites for hydroxylation is 1. The Morgan fingerprint density at radius 1 is 0.980 bits per heavy atom. The van der Waals surface area contributed by atoms with Gasteiger partial charge >= 0.3 is 12.6 Å². The number of nitrogens with zero attached hydrogens (tertiary/aromatic N) is 4. The zero-order chi connectivity index (χ0) is 35.0. The Morgan fingerprint density at radius 2 is 1.53 bits per heavy atom. The molecule has 3 atom stereocenters. The highest BCUT2D eigenvalue weighted by molar-refractivity contribution is 7.83. The highest BCUT2D eigenvalue weighted by Gasteiger charge is 2.47. The summed E-state index contributed by atoms with van der Waals surface area (Å²) in [6.07, 6.45) is 3.79. The molecule has 1 fully saturated rings. The number of unbranched alkanes of at least 4 members (excludes halogenated alkanes) is 2. The molecule has 1 saturated heterocycles. The summed E-state index contributed by atoms with van der Waals surface area (Å²) in [5.74, 6) is -0.0397. The van der Waals surface area contributed by atoms with Crippen LogP contribution in [0.25, 0.3) is 0 Å². The average molecular weight is 706 g/mol. The number of aromatic nitrogens is 2. The Hall–Kier alpha value is -3.63. The highest BCUT2D eigenvalue weighted by atomic mass is 35.7. The van der Waals surface area contributed by atoms with Gasteiger partial charge < -0.3 is 14.6 Å². The first-order valence-corrected chi connectivity index (χ1v) is 19.1. The van der Waals surface area contributed by atoms with Crippen molar-refractivity contribution in [3.05, 3.63) is 130 Å². The van der Waals surface area contributed by atoms with E-state index in [0.29, 0.717) is 13.0 Å². The van der Waals surface area contributed by atoms with Gasteiger partial charge in [0.25, 0.3) is 0 Å². The van der Waals surface area contributed by atoms with Crippen LogP contribution in [0.2, 0.25) is 0 Å². The van der Waals surface area contributed by atoms with E-state index in [9.17, 15) is 14.2 Å². The molecule has 5 rings (SSSR count). The standard InChI is InChI=1S/C37H45ClN5O5P/c1-5-6-10-17-29-24-43(36(45)40-35(29)39-28(2)44)34-26-42(25-33(48-34)27-47-49(38,46)41(3)4)37(30-18-11-7-12-19-30,31-20-13-8-14-21-31)32-22-15-9-16-23-32/h7-9,11-16,18-24,33-34H,5-6,10,17,25-27H2,1-4H3,(H,39,40,44,45). The van der Waals surface area contributed by atoms with E-state index in [-0.39, 0.29) is 24.9 Å². The number of amides is 1. The Bertz CT molecular complexity index is 1690.